The van der Waals surface area contributed by atoms with E-state index in [4.69, 9.17) is 16.1 Å². The van der Waals surface area contributed by atoms with Gasteiger partial charge in [0.25, 0.3) is 5.91 Å². The van der Waals surface area contributed by atoms with Crippen LogP contribution in [0.4, 0.5) is 5.13 Å². The molecule has 0 unspecified atom stereocenters. The molecule has 0 fully saturated rings. The zero-order chi connectivity index (χ0) is 18.0. The van der Waals surface area contributed by atoms with E-state index >= 15 is 0 Å². The number of hydrogen-bond donors (Lipinski definition) is 1. The van der Waals surface area contributed by atoms with Crippen LogP contribution in [0.1, 0.15) is 52.0 Å². The van der Waals surface area contributed by atoms with Gasteiger partial charge in [-0.3, -0.25) is 10.1 Å². The second kappa shape index (κ2) is 7.37. The van der Waals surface area contributed by atoms with Gasteiger partial charge in [-0.25, -0.2) is 4.98 Å². The highest BCUT2D eigenvalue weighted by Gasteiger charge is 2.23. The van der Waals surface area contributed by atoms with Crippen molar-refractivity contribution < 1.29 is 9.32 Å². The van der Waals surface area contributed by atoms with Crippen LogP contribution < -0.4 is 5.32 Å². The largest absolute Gasteiger partial charge is 0.360 e. The van der Waals surface area contributed by atoms with E-state index in [1.807, 2.05) is 38.1 Å². The molecule has 25 heavy (non-hydrogen) atoms. The molecule has 1 aromatic carbocycles. The van der Waals surface area contributed by atoms with Gasteiger partial charge in [-0.2, -0.15) is 0 Å². The number of carbonyl (C=O) groups is 1. The number of rotatable bonds is 5. The number of anilines is 1. The summed E-state index contributed by atoms with van der Waals surface area (Å²) in [6.45, 7) is 5.68. The van der Waals surface area contributed by atoms with E-state index in [2.05, 4.69) is 15.5 Å². The van der Waals surface area contributed by atoms with Crippen LogP contribution in [-0.4, -0.2) is 16.0 Å². The van der Waals surface area contributed by atoms with Gasteiger partial charge >= 0.3 is 0 Å². The number of aryl methyl sites for hydroxylation is 1. The molecule has 130 valence electrons. The van der Waals surface area contributed by atoms with Crippen molar-refractivity contribution in [1.82, 2.24) is 10.1 Å². The Morgan fingerprint density at radius 3 is 2.92 bits per heavy atom. The molecule has 0 atom stereocenters. The Morgan fingerprint density at radius 2 is 2.20 bits per heavy atom. The molecule has 0 aliphatic carbocycles. The predicted octanol–water partition coefficient (Wildman–Crippen LogP) is 5.06. The zero-order valence-electron chi connectivity index (χ0n) is 14.2. The maximum Gasteiger partial charge on any atom is 0.262 e. The van der Waals surface area contributed by atoms with Crippen LogP contribution in [0.2, 0.25) is 5.02 Å². The first kappa shape index (κ1) is 17.6. The molecule has 2 aromatic heterocycles. The number of thiazole rings is 1. The summed E-state index contributed by atoms with van der Waals surface area (Å²) in [5.41, 5.74) is 2.17. The van der Waals surface area contributed by atoms with Gasteiger partial charge in [-0.15, -0.1) is 11.3 Å². The van der Waals surface area contributed by atoms with Gasteiger partial charge in [0.05, 0.1) is 5.69 Å². The molecule has 3 rings (SSSR count). The second-order valence-electron chi connectivity index (χ2n) is 6.05. The van der Waals surface area contributed by atoms with Gasteiger partial charge in [0.1, 0.15) is 5.56 Å². The van der Waals surface area contributed by atoms with Crippen molar-refractivity contribution in [2.75, 3.05) is 5.32 Å². The van der Waals surface area contributed by atoms with Gasteiger partial charge in [0.2, 0.25) is 0 Å². The molecule has 1 amide bonds. The highest BCUT2D eigenvalue weighted by molar-refractivity contribution is 7.15. The molecule has 2 heterocycles. The zero-order valence-corrected chi connectivity index (χ0v) is 15.7. The topological polar surface area (TPSA) is 68.0 Å². The summed E-state index contributed by atoms with van der Waals surface area (Å²) in [5.74, 6) is 0.424. The number of amides is 1. The van der Waals surface area contributed by atoms with Crippen LogP contribution in [-0.2, 0) is 6.42 Å². The van der Waals surface area contributed by atoms with E-state index in [1.165, 1.54) is 11.3 Å². The summed E-state index contributed by atoms with van der Waals surface area (Å²) in [5, 5.41) is 8.01. The molecule has 5 nitrogen and oxygen atoms in total. The SMILES string of the molecule is Cc1noc(C(C)C)c1C(=O)Nc1ncc(Cc2cccc(Cl)c2)s1. The highest BCUT2D eigenvalue weighted by Crippen LogP contribution is 2.26. The third-order valence-corrected chi connectivity index (χ3v) is 4.83. The first-order chi connectivity index (χ1) is 11.9. The molecular weight excluding hydrogens is 358 g/mol. The van der Waals surface area contributed by atoms with Crippen molar-refractivity contribution in [3.63, 3.8) is 0 Å². The van der Waals surface area contributed by atoms with Crippen molar-refractivity contribution in [2.45, 2.75) is 33.1 Å². The molecule has 0 saturated heterocycles. The van der Waals surface area contributed by atoms with Crippen LogP contribution in [0.5, 0.6) is 0 Å². The van der Waals surface area contributed by atoms with Crippen molar-refractivity contribution in [1.29, 1.82) is 0 Å². The second-order valence-corrected chi connectivity index (χ2v) is 7.61. The maximum atomic E-state index is 12.6. The minimum atomic E-state index is -0.244. The minimum absolute atomic E-state index is 0.0802. The number of carbonyl (C=O) groups excluding carboxylic acids is 1. The fourth-order valence-electron chi connectivity index (χ4n) is 2.51. The average molecular weight is 376 g/mol. The van der Waals surface area contributed by atoms with E-state index in [0.29, 0.717) is 27.2 Å². The van der Waals surface area contributed by atoms with Crippen LogP contribution in [0, 0.1) is 6.92 Å². The Labute approximate surface area is 155 Å². The van der Waals surface area contributed by atoms with Crippen LogP contribution in [0.15, 0.2) is 35.0 Å². The average Bonchev–Trinajstić information content (AvgIpc) is 3.14. The summed E-state index contributed by atoms with van der Waals surface area (Å²) in [6.07, 6.45) is 2.49. The molecule has 0 bridgehead atoms. The van der Waals surface area contributed by atoms with Gasteiger partial charge in [0, 0.05) is 28.4 Å². The lowest BCUT2D eigenvalue weighted by atomic mass is 10.0. The molecule has 3 aromatic rings. The van der Waals surface area contributed by atoms with Crippen molar-refractivity contribution in [2.24, 2.45) is 0 Å². The Bertz CT molecular complexity index is 901. The summed E-state index contributed by atoms with van der Waals surface area (Å²) in [4.78, 5) is 17.9. The quantitative estimate of drug-likeness (QED) is 0.676. The number of hydrogen-bond acceptors (Lipinski definition) is 5. The Kier molecular flexibility index (Phi) is 5.20. The minimum Gasteiger partial charge on any atom is -0.360 e. The van der Waals surface area contributed by atoms with Crippen LogP contribution >= 0.6 is 22.9 Å². The van der Waals surface area contributed by atoms with Gasteiger partial charge in [0.15, 0.2) is 10.9 Å². The first-order valence-corrected chi connectivity index (χ1v) is 9.10. The Morgan fingerprint density at radius 1 is 1.40 bits per heavy atom. The number of nitrogens with zero attached hydrogens (tertiary/aromatic N) is 2. The molecule has 7 heteroatoms. The van der Waals surface area contributed by atoms with Crippen molar-refractivity contribution >= 4 is 34.0 Å². The lowest BCUT2D eigenvalue weighted by molar-refractivity contribution is 0.102. The van der Waals surface area contributed by atoms with Crippen LogP contribution in [0.25, 0.3) is 0 Å². The Balaban J connectivity index is 1.73. The molecule has 1 N–H and O–H groups in total. The number of benzene rings is 1. The van der Waals surface area contributed by atoms with E-state index < -0.39 is 0 Å². The van der Waals surface area contributed by atoms with Gasteiger partial charge < -0.3 is 4.52 Å². The summed E-state index contributed by atoms with van der Waals surface area (Å²) < 4.78 is 5.27. The molecular formula is C18H18ClN3O2S. The van der Waals surface area contributed by atoms with Gasteiger partial charge in [-0.05, 0) is 24.6 Å². The first-order valence-electron chi connectivity index (χ1n) is 7.90. The third kappa shape index (κ3) is 4.08. The standard InChI is InChI=1S/C18H18ClN3O2S/c1-10(2)16-15(11(3)22-24-16)17(23)21-18-20-9-14(25-18)8-12-5-4-6-13(19)7-12/h4-7,9-10H,8H2,1-3H3,(H,20,21,23). The van der Waals surface area contributed by atoms with E-state index in [0.717, 1.165) is 16.9 Å². The molecule has 0 spiro atoms. The fraction of sp³-hybridized carbons (Fsp3) is 0.278. The Hall–Kier alpha value is -2.18. The normalized spacial score (nSPS) is 11.1. The van der Waals surface area contributed by atoms with Crippen molar-refractivity contribution in [3.05, 3.63) is 62.9 Å². The number of halogens is 1. The molecule has 0 aliphatic rings. The smallest absolute Gasteiger partial charge is 0.262 e. The fourth-order valence-corrected chi connectivity index (χ4v) is 3.57. The monoisotopic (exact) mass is 375 g/mol. The van der Waals surface area contributed by atoms with Crippen molar-refractivity contribution in [3.8, 4) is 0 Å². The van der Waals surface area contributed by atoms with Crippen LogP contribution in [0.3, 0.4) is 0 Å². The van der Waals surface area contributed by atoms with E-state index in [1.54, 1.807) is 13.1 Å². The predicted molar refractivity (Wildman–Crippen MR) is 99.7 cm³/mol. The van der Waals surface area contributed by atoms with E-state index in [-0.39, 0.29) is 11.8 Å². The molecule has 0 saturated carbocycles. The highest BCUT2D eigenvalue weighted by atomic mass is 35.5. The summed E-state index contributed by atoms with van der Waals surface area (Å²) in [6, 6.07) is 7.70. The molecule has 0 aliphatic heterocycles. The number of nitrogens with one attached hydrogen (secondary N) is 1. The van der Waals surface area contributed by atoms with E-state index in [9.17, 15) is 4.79 Å². The lowest BCUT2D eigenvalue weighted by Gasteiger charge is -2.04. The summed E-state index contributed by atoms with van der Waals surface area (Å²) in [7, 11) is 0. The summed E-state index contributed by atoms with van der Waals surface area (Å²) >= 11 is 7.46. The molecule has 0 radical (unpaired) electrons. The number of aromatic nitrogens is 2. The third-order valence-electron chi connectivity index (χ3n) is 3.68. The van der Waals surface area contributed by atoms with Gasteiger partial charge in [-0.1, -0.05) is 42.7 Å². The maximum absolute atomic E-state index is 12.6. The lowest BCUT2D eigenvalue weighted by Crippen LogP contribution is -2.14.